The van der Waals surface area contributed by atoms with Gasteiger partial charge in [0.2, 0.25) is 0 Å². The fraction of sp³-hybridized carbons (Fsp3) is 0.286. The molecular weight excluding hydrogens is 395 g/mol. The minimum absolute atomic E-state index is 0. The molecule has 0 bridgehead atoms. The molecule has 2 atom stereocenters. The number of benzene rings is 1. The van der Waals surface area contributed by atoms with Crippen molar-refractivity contribution < 1.29 is 4.79 Å². The van der Waals surface area contributed by atoms with E-state index in [2.05, 4.69) is 22.5 Å². The number of rotatable bonds is 3. The van der Waals surface area contributed by atoms with Gasteiger partial charge in [0.15, 0.2) is 0 Å². The summed E-state index contributed by atoms with van der Waals surface area (Å²) in [5.74, 6) is -0.0422. The minimum atomic E-state index is -0.0422. The van der Waals surface area contributed by atoms with Gasteiger partial charge in [-0.3, -0.25) is 9.78 Å². The highest BCUT2D eigenvalue weighted by molar-refractivity contribution is 6.07. The number of nitrogens with one attached hydrogen (secondary N) is 2. The molecule has 148 valence electrons. The zero-order chi connectivity index (χ0) is 17.9. The quantitative estimate of drug-likeness (QED) is 0.673. The van der Waals surface area contributed by atoms with E-state index in [4.69, 9.17) is 4.98 Å². The maximum atomic E-state index is 13.1. The number of halogens is 2. The molecule has 0 radical (unpaired) electrons. The topological polar surface area (TPSA) is 66.9 Å². The van der Waals surface area contributed by atoms with E-state index < -0.39 is 0 Å². The number of para-hydroxylation sites is 1. The number of aromatic nitrogens is 2. The number of fused-ring (bicyclic) bond motifs is 1. The molecule has 3 aromatic rings. The van der Waals surface area contributed by atoms with Crippen molar-refractivity contribution in [2.45, 2.75) is 31.8 Å². The number of hydrogen-bond donors (Lipinski definition) is 2. The Morgan fingerprint density at radius 1 is 1.14 bits per heavy atom. The molecule has 1 saturated heterocycles. The third-order valence-corrected chi connectivity index (χ3v) is 5.02. The molecule has 0 spiro atoms. The molecule has 1 fully saturated rings. The van der Waals surface area contributed by atoms with Crippen molar-refractivity contribution in [3.05, 3.63) is 60.4 Å². The van der Waals surface area contributed by atoms with E-state index in [1.807, 2.05) is 42.5 Å². The monoisotopic (exact) mass is 418 g/mol. The van der Waals surface area contributed by atoms with Crippen molar-refractivity contribution in [1.29, 1.82) is 0 Å². The van der Waals surface area contributed by atoms with Gasteiger partial charge in [-0.15, -0.1) is 24.8 Å². The number of nitrogens with zero attached hydrogens (tertiary/aromatic N) is 2. The standard InChI is InChI=1S/C21H22N4O.2ClH/c1-14-18(7-4-10-23-14)25-21(26)17-13-20(15-8-11-22-12-9-15)24-19-6-3-2-5-16(17)19;;/h2-3,5-6,8-9,11-14,18,23H,4,7,10H2,1H3,(H,25,26);2*1H. The Labute approximate surface area is 177 Å². The number of carbonyl (C=O) groups is 1. The molecule has 0 saturated carbocycles. The van der Waals surface area contributed by atoms with Gasteiger partial charge in [-0.1, -0.05) is 18.2 Å². The first-order chi connectivity index (χ1) is 12.7. The summed E-state index contributed by atoms with van der Waals surface area (Å²) < 4.78 is 0. The van der Waals surface area contributed by atoms with E-state index >= 15 is 0 Å². The Hall–Kier alpha value is -2.21. The first-order valence-corrected chi connectivity index (χ1v) is 9.07. The van der Waals surface area contributed by atoms with Crippen molar-refractivity contribution in [3.8, 4) is 11.3 Å². The van der Waals surface area contributed by atoms with Crippen molar-refractivity contribution >= 4 is 41.6 Å². The number of piperidine rings is 1. The molecule has 2 unspecified atom stereocenters. The summed E-state index contributed by atoms with van der Waals surface area (Å²) in [6, 6.07) is 13.9. The summed E-state index contributed by atoms with van der Waals surface area (Å²) in [7, 11) is 0. The van der Waals surface area contributed by atoms with Gasteiger partial charge in [-0.05, 0) is 50.6 Å². The summed E-state index contributed by atoms with van der Waals surface area (Å²) in [6.45, 7) is 3.13. The van der Waals surface area contributed by atoms with Crippen LogP contribution in [0, 0.1) is 0 Å². The molecule has 2 aromatic heterocycles. The van der Waals surface area contributed by atoms with E-state index in [0.717, 1.165) is 41.5 Å². The van der Waals surface area contributed by atoms with Crippen molar-refractivity contribution in [2.75, 3.05) is 6.54 Å². The first-order valence-electron chi connectivity index (χ1n) is 9.07. The lowest BCUT2D eigenvalue weighted by Gasteiger charge is -2.30. The van der Waals surface area contributed by atoms with Crippen LogP contribution in [0.15, 0.2) is 54.9 Å². The second kappa shape index (κ2) is 9.82. The molecule has 5 nitrogen and oxygen atoms in total. The molecule has 4 rings (SSSR count). The number of carbonyl (C=O) groups excluding carboxylic acids is 1. The highest BCUT2D eigenvalue weighted by Gasteiger charge is 2.24. The van der Waals surface area contributed by atoms with Crippen molar-refractivity contribution in [2.24, 2.45) is 0 Å². The molecule has 1 aromatic carbocycles. The second-order valence-corrected chi connectivity index (χ2v) is 6.77. The normalized spacial score (nSPS) is 18.6. The summed E-state index contributed by atoms with van der Waals surface area (Å²) in [4.78, 5) is 21.9. The SMILES string of the molecule is CC1NCCCC1NC(=O)c1cc(-c2ccncc2)nc2ccccc12.Cl.Cl. The molecule has 7 heteroatoms. The number of hydrogen-bond acceptors (Lipinski definition) is 4. The van der Waals surface area contributed by atoms with Gasteiger partial charge in [-0.25, -0.2) is 4.98 Å². The van der Waals surface area contributed by atoms with Gasteiger partial charge < -0.3 is 10.6 Å². The van der Waals surface area contributed by atoms with Crippen LogP contribution in [0.2, 0.25) is 0 Å². The van der Waals surface area contributed by atoms with Crippen LogP contribution < -0.4 is 10.6 Å². The van der Waals surface area contributed by atoms with Crippen molar-refractivity contribution in [1.82, 2.24) is 20.6 Å². The molecule has 2 N–H and O–H groups in total. The summed E-state index contributed by atoms with van der Waals surface area (Å²) in [5, 5.41) is 7.52. The Balaban J connectivity index is 0.00000140. The molecule has 28 heavy (non-hydrogen) atoms. The predicted octanol–water partition coefficient (Wildman–Crippen LogP) is 4.01. The smallest absolute Gasteiger partial charge is 0.252 e. The molecule has 1 aliphatic rings. The maximum Gasteiger partial charge on any atom is 0.252 e. The Morgan fingerprint density at radius 3 is 2.64 bits per heavy atom. The highest BCUT2D eigenvalue weighted by atomic mass is 35.5. The third-order valence-electron chi connectivity index (χ3n) is 5.02. The van der Waals surface area contributed by atoms with Crippen LogP contribution in [0.5, 0.6) is 0 Å². The van der Waals surface area contributed by atoms with Crippen LogP contribution in [0.25, 0.3) is 22.2 Å². The van der Waals surface area contributed by atoms with Gasteiger partial charge in [0.1, 0.15) is 0 Å². The molecule has 3 heterocycles. The predicted molar refractivity (Wildman–Crippen MR) is 117 cm³/mol. The fourth-order valence-corrected chi connectivity index (χ4v) is 3.52. The van der Waals surface area contributed by atoms with Crippen LogP contribution >= 0.6 is 24.8 Å². The van der Waals surface area contributed by atoms with E-state index in [9.17, 15) is 4.79 Å². The lowest BCUT2D eigenvalue weighted by molar-refractivity contribution is 0.0921. The Kier molecular flexibility index (Phi) is 7.75. The second-order valence-electron chi connectivity index (χ2n) is 6.77. The average Bonchev–Trinajstić information content (AvgIpc) is 2.69. The van der Waals surface area contributed by atoms with Crippen LogP contribution in [-0.4, -0.2) is 34.5 Å². The minimum Gasteiger partial charge on any atom is -0.348 e. The van der Waals surface area contributed by atoms with Crippen LogP contribution in [-0.2, 0) is 0 Å². The van der Waals surface area contributed by atoms with E-state index in [1.165, 1.54) is 0 Å². The molecule has 1 amide bonds. The molecular formula is C21H24Cl2N4O. The highest BCUT2D eigenvalue weighted by Crippen LogP contribution is 2.25. The number of pyridine rings is 2. The van der Waals surface area contributed by atoms with Crippen molar-refractivity contribution in [3.63, 3.8) is 0 Å². The maximum absolute atomic E-state index is 13.1. The average molecular weight is 419 g/mol. The Morgan fingerprint density at radius 2 is 1.89 bits per heavy atom. The Bertz CT molecular complexity index is 936. The van der Waals surface area contributed by atoms with Crippen LogP contribution in [0.3, 0.4) is 0 Å². The van der Waals surface area contributed by atoms with Crippen LogP contribution in [0.1, 0.15) is 30.1 Å². The fourth-order valence-electron chi connectivity index (χ4n) is 3.52. The molecule has 1 aliphatic heterocycles. The van der Waals surface area contributed by atoms with Crippen LogP contribution in [0.4, 0.5) is 0 Å². The largest absolute Gasteiger partial charge is 0.348 e. The lowest BCUT2D eigenvalue weighted by Crippen LogP contribution is -2.51. The summed E-state index contributed by atoms with van der Waals surface area (Å²) in [5.41, 5.74) is 3.22. The van der Waals surface area contributed by atoms with E-state index in [1.54, 1.807) is 12.4 Å². The van der Waals surface area contributed by atoms with Gasteiger partial charge in [-0.2, -0.15) is 0 Å². The molecule has 0 aliphatic carbocycles. The van der Waals surface area contributed by atoms with E-state index in [0.29, 0.717) is 5.56 Å². The van der Waals surface area contributed by atoms with Gasteiger partial charge in [0.25, 0.3) is 5.91 Å². The zero-order valence-electron chi connectivity index (χ0n) is 15.6. The zero-order valence-corrected chi connectivity index (χ0v) is 17.2. The van der Waals surface area contributed by atoms with Gasteiger partial charge in [0.05, 0.1) is 16.8 Å². The first kappa shape index (κ1) is 22.1. The summed E-state index contributed by atoms with van der Waals surface area (Å²) in [6.07, 6.45) is 5.55. The van der Waals surface area contributed by atoms with Gasteiger partial charge in [0, 0.05) is 35.4 Å². The van der Waals surface area contributed by atoms with E-state index in [-0.39, 0.29) is 42.8 Å². The summed E-state index contributed by atoms with van der Waals surface area (Å²) >= 11 is 0. The van der Waals surface area contributed by atoms with Gasteiger partial charge >= 0.3 is 0 Å². The number of amides is 1. The third kappa shape index (κ3) is 4.61. The lowest BCUT2D eigenvalue weighted by atomic mass is 9.98.